The van der Waals surface area contributed by atoms with Gasteiger partial charge in [-0.25, -0.2) is 0 Å². The fourth-order valence-electron chi connectivity index (χ4n) is 0.849. The molecule has 0 radical (unpaired) electrons. The van der Waals surface area contributed by atoms with Crippen molar-refractivity contribution in [3.8, 4) is 0 Å². The van der Waals surface area contributed by atoms with Gasteiger partial charge in [-0.05, 0) is 22.4 Å². The van der Waals surface area contributed by atoms with Gasteiger partial charge < -0.3 is 14.6 Å². The molecule has 0 saturated carbocycles. The third-order valence-electron chi connectivity index (χ3n) is 1.46. The lowest BCUT2D eigenvalue weighted by Gasteiger charge is -2.02. The van der Waals surface area contributed by atoms with E-state index in [-0.39, 0.29) is 6.61 Å². The quantitative estimate of drug-likeness (QED) is 0.677. The molecule has 0 atom stereocenters. The van der Waals surface area contributed by atoms with Crippen LogP contribution in [-0.2, 0) is 16.1 Å². The summed E-state index contributed by atoms with van der Waals surface area (Å²) in [5.41, 5.74) is 1.20. The lowest BCUT2D eigenvalue weighted by atomic mass is 10.4. The summed E-state index contributed by atoms with van der Waals surface area (Å²) >= 11 is 1.67. The van der Waals surface area contributed by atoms with Crippen molar-refractivity contribution in [2.75, 3.05) is 26.4 Å². The normalized spacial score (nSPS) is 10.5. The second kappa shape index (κ2) is 7.03. The molecule has 1 heterocycles. The van der Waals surface area contributed by atoms with E-state index in [1.165, 1.54) is 5.56 Å². The number of aliphatic hydroxyl groups excluding tert-OH is 1. The molecule has 74 valence electrons. The van der Waals surface area contributed by atoms with E-state index in [0.29, 0.717) is 26.4 Å². The van der Waals surface area contributed by atoms with Gasteiger partial charge in [-0.2, -0.15) is 11.3 Å². The molecule has 0 aliphatic carbocycles. The van der Waals surface area contributed by atoms with Crippen molar-refractivity contribution in [1.82, 2.24) is 0 Å². The van der Waals surface area contributed by atoms with Crippen molar-refractivity contribution < 1.29 is 14.6 Å². The Hall–Kier alpha value is -0.420. The average molecular weight is 202 g/mol. The molecule has 0 fully saturated rings. The van der Waals surface area contributed by atoms with E-state index in [1.54, 1.807) is 11.3 Å². The first-order valence-corrected chi connectivity index (χ1v) is 5.15. The van der Waals surface area contributed by atoms with Gasteiger partial charge in [-0.15, -0.1) is 0 Å². The summed E-state index contributed by atoms with van der Waals surface area (Å²) in [5, 5.41) is 12.5. The third kappa shape index (κ3) is 5.00. The summed E-state index contributed by atoms with van der Waals surface area (Å²) in [5.74, 6) is 0. The van der Waals surface area contributed by atoms with Crippen molar-refractivity contribution in [2.45, 2.75) is 6.61 Å². The molecular weight excluding hydrogens is 188 g/mol. The highest BCUT2D eigenvalue weighted by molar-refractivity contribution is 7.07. The number of thiophene rings is 1. The van der Waals surface area contributed by atoms with Crippen molar-refractivity contribution >= 4 is 11.3 Å². The van der Waals surface area contributed by atoms with Crippen molar-refractivity contribution in [3.63, 3.8) is 0 Å². The Balaban J connectivity index is 1.90. The standard InChI is InChI=1S/C9H14O3S/c10-2-3-11-4-5-12-7-9-1-6-13-8-9/h1,6,8,10H,2-5,7H2. The molecule has 1 rings (SSSR count). The molecule has 1 N–H and O–H groups in total. The molecule has 0 aliphatic rings. The minimum atomic E-state index is 0.0739. The molecule has 0 aliphatic heterocycles. The van der Waals surface area contributed by atoms with Crippen LogP contribution in [0.25, 0.3) is 0 Å². The summed E-state index contributed by atoms with van der Waals surface area (Å²) in [6.45, 7) is 2.23. The van der Waals surface area contributed by atoms with E-state index in [0.717, 1.165) is 0 Å². The molecule has 0 saturated heterocycles. The summed E-state index contributed by atoms with van der Waals surface area (Å²) in [6, 6.07) is 2.04. The Morgan fingerprint density at radius 2 is 2.08 bits per heavy atom. The minimum absolute atomic E-state index is 0.0739. The maximum absolute atomic E-state index is 8.41. The molecule has 0 unspecified atom stereocenters. The summed E-state index contributed by atoms with van der Waals surface area (Å²) in [6.07, 6.45) is 0. The van der Waals surface area contributed by atoms with Gasteiger partial charge in [0.1, 0.15) is 0 Å². The van der Waals surface area contributed by atoms with Gasteiger partial charge in [0.05, 0.1) is 33.0 Å². The van der Waals surface area contributed by atoms with Crippen LogP contribution in [0.15, 0.2) is 16.8 Å². The molecule has 0 bridgehead atoms. The zero-order valence-corrected chi connectivity index (χ0v) is 8.26. The molecule has 13 heavy (non-hydrogen) atoms. The predicted molar refractivity (Wildman–Crippen MR) is 51.9 cm³/mol. The van der Waals surface area contributed by atoms with E-state index in [4.69, 9.17) is 14.6 Å². The van der Waals surface area contributed by atoms with Gasteiger partial charge in [0.25, 0.3) is 0 Å². The zero-order valence-electron chi connectivity index (χ0n) is 7.44. The molecule has 0 aromatic carbocycles. The maximum Gasteiger partial charge on any atom is 0.0726 e. The van der Waals surface area contributed by atoms with Crippen LogP contribution in [-0.4, -0.2) is 31.5 Å². The molecule has 1 aromatic heterocycles. The highest BCUT2D eigenvalue weighted by Gasteiger charge is 1.92. The number of ether oxygens (including phenoxy) is 2. The molecule has 0 amide bonds. The first-order valence-electron chi connectivity index (χ1n) is 4.21. The SMILES string of the molecule is OCCOCCOCc1ccsc1. The monoisotopic (exact) mass is 202 g/mol. The Bertz CT molecular complexity index is 199. The molecule has 4 heteroatoms. The molecule has 0 spiro atoms. The Kier molecular flexibility index (Phi) is 5.76. The smallest absolute Gasteiger partial charge is 0.0726 e. The zero-order chi connectivity index (χ0) is 9.36. The number of hydrogen-bond acceptors (Lipinski definition) is 4. The first-order chi connectivity index (χ1) is 6.43. The highest BCUT2D eigenvalue weighted by atomic mass is 32.1. The van der Waals surface area contributed by atoms with Gasteiger partial charge >= 0.3 is 0 Å². The Morgan fingerprint density at radius 3 is 2.77 bits per heavy atom. The first kappa shape index (κ1) is 10.7. The molecule has 1 aromatic rings. The topological polar surface area (TPSA) is 38.7 Å². The van der Waals surface area contributed by atoms with Crippen LogP contribution in [0.4, 0.5) is 0 Å². The fraction of sp³-hybridized carbons (Fsp3) is 0.556. The summed E-state index contributed by atoms with van der Waals surface area (Å²) < 4.78 is 10.4. The highest BCUT2D eigenvalue weighted by Crippen LogP contribution is 2.06. The van der Waals surface area contributed by atoms with Crippen molar-refractivity contribution in [2.24, 2.45) is 0 Å². The van der Waals surface area contributed by atoms with E-state index in [1.807, 2.05) is 11.4 Å². The number of hydrogen-bond donors (Lipinski definition) is 1. The maximum atomic E-state index is 8.41. The average Bonchev–Trinajstić information content (AvgIpc) is 2.63. The van der Waals surface area contributed by atoms with Crippen LogP contribution in [0.1, 0.15) is 5.56 Å². The third-order valence-corrected chi connectivity index (χ3v) is 2.19. The number of aliphatic hydroxyl groups is 1. The van der Waals surface area contributed by atoms with Gasteiger partial charge in [-0.3, -0.25) is 0 Å². The van der Waals surface area contributed by atoms with Crippen molar-refractivity contribution in [1.29, 1.82) is 0 Å². The van der Waals surface area contributed by atoms with Crippen LogP contribution >= 0.6 is 11.3 Å². The van der Waals surface area contributed by atoms with Crippen LogP contribution in [0, 0.1) is 0 Å². The van der Waals surface area contributed by atoms with Gasteiger partial charge in [0.2, 0.25) is 0 Å². The van der Waals surface area contributed by atoms with Crippen LogP contribution in [0.2, 0.25) is 0 Å². The second-order valence-electron chi connectivity index (χ2n) is 2.52. The Labute approximate surface area is 81.9 Å². The second-order valence-corrected chi connectivity index (χ2v) is 3.30. The number of rotatable bonds is 7. The van der Waals surface area contributed by atoms with Crippen LogP contribution in [0.3, 0.4) is 0 Å². The van der Waals surface area contributed by atoms with Crippen LogP contribution in [0.5, 0.6) is 0 Å². The van der Waals surface area contributed by atoms with E-state index < -0.39 is 0 Å². The lowest BCUT2D eigenvalue weighted by molar-refractivity contribution is 0.0275. The van der Waals surface area contributed by atoms with Gasteiger partial charge in [0.15, 0.2) is 0 Å². The molecular formula is C9H14O3S. The predicted octanol–water partition coefficient (Wildman–Crippen LogP) is 1.27. The molecule has 3 nitrogen and oxygen atoms in total. The van der Waals surface area contributed by atoms with E-state index in [2.05, 4.69) is 5.38 Å². The van der Waals surface area contributed by atoms with Crippen molar-refractivity contribution in [3.05, 3.63) is 22.4 Å². The van der Waals surface area contributed by atoms with Crippen LogP contribution < -0.4 is 0 Å². The van der Waals surface area contributed by atoms with E-state index in [9.17, 15) is 0 Å². The summed E-state index contributed by atoms with van der Waals surface area (Å²) in [4.78, 5) is 0. The fourth-order valence-corrected chi connectivity index (χ4v) is 1.50. The largest absolute Gasteiger partial charge is 0.394 e. The van der Waals surface area contributed by atoms with Gasteiger partial charge in [0, 0.05) is 0 Å². The van der Waals surface area contributed by atoms with Gasteiger partial charge in [-0.1, -0.05) is 0 Å². The van der Waals surface area contributed by atoms with E-state index >= 15 is 0 Å². The Morgan fingerprint density at radius 1 is 1.23 bits per heavy atom. The minimum Gasteiger partial charge on any atom is -0.394 e. The summed E-state index contributed by atoms with van der Waals surface area (Å²) in [7, 11) is 0. The lowest BCUT2D eigenvalue weighted by Crippen LogP contribution is -2.06.